The number of carbonyl (C=O) groups is 1. The van der Waals surface area contributed by atoms with Crippen molar-refractivity contribution < 1.29 is 9.18 Å². The molecule has 0 radical (unpaired) electrons. The van der Waals surface area contributed by atoms with Gasteiger partial charge in [0.25, 0.3) is 5.91 Å². The van der Waals surface area contributed by atoms with Crippen LogP contribution in [0.15, 0.2) is 53.5 Å². The fourth-order valence-corrected chi connectivity index (χ4v) is 2.59. The zero-order valence-corrected chi connectivity index (χ0v) is 18.2. The molecule has 2 aromatic carbocycles. The van der Waals surface area contributed by atoms with Gasteiger partial charge in [-0.2, -0.15) is 0 Å². The van der Waals surface area contributed by atoms with E-state index in [0.29, 0.717) is 31.2 Å². The summed E-state index contributed by atoms with van der Waals surface area (Å²) in [5, 5.41) is 6.05. The lowest BCUT2D eigenvalue weighted by Crippen LogP contribution is -2.38. The average molecular weight is 484 g/mol. The average Bonchev–Trinajstić information content (AvgIpc) is 2.63. The Balaban J connectivity index is 0.00000364. The first-order valence-corrected chi connectivity index (χ1v) is 8.57. The molecule has 0 spiro atoms. The highest BCUT2D eigenvalue weighted by Crippen LogP contribution is 2.08. The maximum absolute atomic E-state index is 13.3. The number of guanidine groups is 1. The van der Waals surface area contributed by atoms with E-state index in [1.807, 2.05) is 37.1 Å². The van der Waals surface area contributed by atoms with Crippen molar-refractivity contribution in [2.24, 2.45) is 4.99 Å². The first-order valence-electron chi connectivity index (χ1n) is 8.57. The summed E-state index contributed by atoms with van der Waals surface area (Å²) in [6.07, 6.45) is 0. The van der Waals surface area contributed by atoms with Crippen molar-refractivity contribution in [2.45, 2.75) is 20.0 Å². The van der Waals surface area contributed by atoms with Gasteiger partial charge in [0.15, 0.2) is 5.96 Å². The summed E-state index contributed by atoms with van der Waals surface area (Å²) in [7, 11) is 3.61. The van der Waals surface area contributed by atoms with E-state index in [-0.39, 0.29) is 35.7 Å². The summed E-state index contributed by atoms with van der Waals surface area (Å²) in [5.74, 6) is 0.394. The fraction of sp³-hybridized carbons (Fsp3) is 0.300. The van der Waals surface area contributed by atoms with Crippen LogP contribution >= 0.6 is 24.0 Å². The topological polar surface area (TPSA) is 56.7 Å². The van der Waals surface area contributed by atoms with Crippen molar-refractivity contribution in [1.29, 1.82) is 0 Å². The van der Waals surface area contributed by atoms with Crippen molar-refractivity contribution >= 4 is 35.8 Å². The molecule has 0 aliphatic rings. The van der Waals surface area contributed by atoms with E-state index in [4.69, 9.17) is 0 Å². The van der Waals surface area contributed by atoms with Crippen LogP contribution in [0.1, 0.15) is 28.4 Å². The highest BCUT2D eigenvalue weighted by molar-refractivity contribution is 14.0. The third kappa shape index (κ3) is 7.16. The third-order valence-corrected chi connectivity index (χ3v) is 3.89. The number of amides is 1. The van der Waals surface area contributed by atoms with E-state index in [0.717, 1.165) is 11.1 Å². The fourth-order valence-electron chi connectivity index (χ4n) is 2.59. The van der Waals surface area contributed by atoms with Crippen molar-refractivity contribution in [3.63, 3.8) is 0 Å². The molecule has 0 unspecified atom stereocenters. The lowest BCUT2D eigenvalue weighted by atomic mass is 10.1. The molecule has 2 aromatic rings. The predicted molar refractivity (Wildman–Crippen MR) is 118 cm³/mol. The van der Waals surface area contributed by atoms with Gasteiger partial charge in [0.1, 0.15) is 5.82 Å². The van der Waals surface area contributed by atoms with Crippen molar-refractivity contribution in [1.82, 2.24) is 15.5 Å². The minimum atomic E-state index is -0.244. The van der Waals surface area contributed by atoms with Gasteiger partial charge < -0.3 is 15.5 Å². The van der Waals surface area contributed by atoms with Gasteiger partial charge >= 0.3 is 0 Å². The van der Waals surface area contributed by atoms with Crippen LogP contribution in [-0.4, -0.2) is 37.4 Å². The summed E-state index contributed by atoms with van der Waals surface area (Å²) in [6, 6.07) is 14.0. The van der Waals surface area contributed by atoms with Gasteiger partial charge in [-0.25, -0.2) is 4.39 Å². The highest BCUT2D eigenvalue weighted by atomic mass is 127. The minimum Gasteiger partial charge on any atom is -0.352 e. The predicted octanol–water partition coefficient (Wildman–Crippen LogP) is 3.40. The maximum atomic E-state index is 13.3. The Morgan fingerprint density at radius 1 is 1.11 bits per heavy atom. The molecule has 0 aliphatic carbocycles. The molecular formula is C20H26FIN4O. The molecule has 146 valence electrons. The first kappa shape index (κ1) is 22.9. The standard InChI is InChI=1S/C20H25FN4O.HI/c1-4-23-19(26)17-10-8-15(9-11-17)13-24-20(22-2)25(3)14-16-6-5-7-18(21)12-16;/h5-12H,4,13-14H2,1-3H3,(H,22,24)(H,23,26);1H. The van der Waals surface area contributed by atoms with E-state index >= 15 is 0 Å². The van der Waals surface area contributed by atoms with Gasteiger partial charge in [-0.05, 0) is 42.3 Å². The number of hydrogen-bond acceptors (Lipinski definition) is 2. The molecule has 7 heteroatoms. The van der Waals surface area contributed by atoms with Gasteiger partial charge in [0.05, 0.1) is 0 Å². The summed E-state index contributed by atoms with van der Waals surface area (Å²) < 4.78 is 13.3. The van der Waals surface area contributed by atoms with Gasteiger partial charge in [-0.3, -0.25) is 9.79 Å². The van der Waals surface area contributed by atoms with Crippen molar-refractivity contribution in [3.8, 4) is 0 Å². The van der Waals surface area contributed by atoms with Crippen LogP contribution in [0.25, 0.3) is 0 Å². The van der Waals surface area contributed by atoms with Crippen LogP contribution in [0, 0.1) is 5.82 Å². The van der Waals surface area contributed by atoms with Crippen molar-refractivity contribution in [2.75, 3.05) is 20.6 Å². The monoisotopic (exact) mass is 484 g/mol. The Hall–Kier alpha value is -2.16. The molecule has 0 saturated heterocycles. The van der Waals surface area contributed by atoms with Crippen LogP contribution < -0.4 is 10.6 Å². The number of aliphatic imine (C=N–C) groups is 1. The molecule has 0 aromatic heterocycles. The van der Waals surface area contributed by atoms with Crippen LogP contribution in [0.4, 0.5) is 4.39 Å². The Morgan fingerprint density at radius 3 is 2.41 bits per heavy atom. The number of nitrogens with zero attached hydrogens (tertiary/aromatic N) is 2. The summed E-state index contributed by atoms with van der Waals surface area (Å²) in [4.78, 5) is 18.0. The molecule has 0 bridgehead atoms. The van der Waals surface area contributed by atoms with Crippen LogP contribution in [0.2, 0.25) is 0 Å². The Kier molecular flexibility index (Phi) is 9.77. The smallest absolute Gasteiger partial charge is 0.251 e. The molecule has 0 heterocycles. The Bertz CT molecular complexity index is 765. The summed E-state index contributed by atoms with van der Waals surface area (Å²) >= 11 is 0. The summed E-state index contributed by atoms with van der Waals surface area (Å²) in [5.41, 5.74) is 2.56. The maximum Gasteiger partial charge on any atom is 0.251 e. The van der Waals surface area contributed by atoms with Gasteiger partial charge in [-0.15, -0.1) is 24.0 Å². The van der Waals surface area contributed by atoms with E-state index in [9.17, 15) is 9.18 Å². The molecule has 0 fully saturated rings. The second-order valence-corrected chi connectivity index (χ2v) is 5.94. The number of nitrogens with one attached hydrogen (secondary N) is 2. The number of halogens is 2. The van der Waals surface area contributed by atoms with Crippen LogP contribution in [-0.2, 0) is 13.1 Å². The molecule has 0 saturated carbocycles. The van der Waals surface area contributed by atoms with E-state index in [1.165, 1.54) is 12.1 Å². The normalized spacial score (nSPS) is 10.7. The van der Waals surface area contributed by atoms with Gasteiger partial charge in [0, 0.05) is 39.3 Å². The highest BCUT2D eigenvalue weighted by Gasteiger charge is 2.08. The van der Waals surface area contributed by atoms with Gasteiger partial charge in [-0.1, -0.05) is 24.3 Å². The molecule has 0 aliphatic heterocycles. The van der Waals surface area contributed by atoms with Gasteiger partial charge in [0.2, 0.25) is 0 Å². The molecule has 2 N–H and O–H groups in total. The second kappa shape index (κ2) is 11.5. The van der Waals surface area contributed by atoms with Crippen molar-refractivity contribution in [3.05, 3.63) is 71.0 Å². The molecule has 5 nitrogen and oxygen atoms in total. The quantitative estimate of drug-likeness (QED) is 0.376. The first-order chi connectivity index (χ1) is 12.5. The zero-order valence-electron chi connectivity index (χ0n) is 15.8. The molecule has 0 atom stereocenters. The Labute approximate surface area is 177 Å². The van der Waals surface area contributed by atoms with Crippen LogP contribution in [0.5, 0.6) is 0 Å². The minimum absolute atomic E-state index is 0. The van der Waals surface area contributed by atoms with Crippen LogP contribution in [0.3, 0.4) is 0 Å². The molecule has 27 heavy (non-hydrogen) atoms. The van der Waals surface area contributed by atoms with E-state index in [1.54, 1.807) is 25.2 Å². The van der Waals surface area contributed by atoms with E-state index < -0.39 is 0 Å². The number of rotatable bonds is 6. The number of benzene rings is 2. The summed E-state index contributed by atoms with van der Waals surface area (Å²) in [6.45, 7) is 3.63. The molecule has 1 amide bonds. The number of carbonyl (C=O) groups excluding carboxylic acids is 1. The molecular weight excluding hydrogens is 458 g/mol. The zero-order chi connectivity index (χ0) is 18.9. The van der Waals surface area contributed by atoms with E-state index in [2.05, 4.69) is 15.6 Å². The third-order valence-electron chi connectivity index (χ3n) is 3.89. The number of hydrogen-bond donors (Lipinski definition) is 2. The molecule has 2 rings (SSSR count). The SMILES string of the molecule is CCNC(=O)c1ccc(CNC(=NC)N(C)Cc2cccc(F)c2)cc1.I. The Morgan fingerprint density at radius 2 is 1.81 bits per heavy atom. The largest absolute Gasteiger partial charge is 0.352 e. The lowest BCUT2D eigenvalue weighted by Gasteiger charge is -2.22. The lowest BCUT2D eigenvalue weighted by molar-refractivity contribution is 0.0956. The second-order valence-electron chi connectivity index (χ2n) is 5.94.